The van der Waals surface area contributed by atoms with Gasteiger partial charge < -0.3 is 14.6 Å². The van der Waals surface area contributed by atoms with Crippen LogP contribution in [-0.4, -0.2) is 27.0 Å². The highest BCUT2D eigenvalue weighted by Crippen LogP contribution is 2.39. The molecule has 7 nitrogen and oxygen atoms in total. The first-order chi connectivity index (χ1) is 13.0. The van der Waals surface area contributed by atoms with Crippen LogP contribution in [0.3, 0.4) is 0 Å². The monoisotopic (exact) mass is 380 g/mol. The van der Waals surface area contributed by atoms with Crippen LogP contribution in [-0.2, 0) is 0 Å². The molecule has 27 heavy (non-hydrogen) atoms. The van der Waals surface area contributed by atoms with Gasteiger partial charge in [0.1, 0.15) is 17.6 Å². The molecule has 1 aliphatic heterocycles. The van der Waals surface area contributed by atoms with Crippen LogP contribution in [0.5, 0.6) is 0 Å². The number of likely N-dealkylation sites (N-methyl/N-ethyl adjacent to an activating group) is 1. The largest absolute Gasteiger partial charge is 0.459 e. The van der Waals surface area contributed by atoms with E-state index in [4.69, 9.17) is 16.6 Å². The predicted octanol–water partition coefficient (Wildman–Crippen LogP) is 3.85. The molecule has 8 heteroatoms. The lowest BCUT2D eigenvalue weighted by molar-refractivity contribution is -0.384. The van der Waals surface area contributed by atoms with Gasteiger partial charge in [0.2, 0.25) is 0 Å². The summed E-state index contributed by atoms with van der Waals surface area (Å²) in [6.07, 6.45) is 1.75. The number of non-ortho nitro benzene ring substituents is 1. The minimum Gasteiger partial charge on any atom is -0.459 e. The summed E-state index contributed by atoms with van der Waals surface area (Å²) in [6.45, 7) is 0. The van der Waals surface area contributed by atoms with E-state index in [0.29, 0.717) is 10.9 Å². The van der Waals surface area contributed by atoms with E-state index in [0.717, 1.165) is 17.0 Å². The number of aromatic nitrogens is 1. The smallest absolute Gasteiger partial charge is 0.269 e. The molecule has 1 fully saturated rings. The van der Waals surface area contributed by atoms with Crippen molar-refractivity contribution in [2.45, 2.75) is 12.1 Å². The van der Waals surface area contributed by atoms with E-state index in [1.54, 1.807) is 18.3 Å². The van der Waals surface area contributed by atoms with Crippen molar-refractivity contribution in [2.75, 3.05) is 7.05 Å². The molecule has 1 aromatic carbocycles. The standard InChI is InChI=1S/C19H16N4O3S/c1-22-18(17(21-19(22)27)14-4-2-3-11-20-14)16-10-9-15(26-16)12-5-7-13(8-6-12)23(24)25/h2-11,17-18H,1H3,(H,21,27)/t17-,18-/m1/s1. The van der Waals surface area contributed by atoms with Gasteiger partial charge in [-0.1, -0.05) is 6.07 Å². The molecule has 0 radical (unpaired) electrons. The number of thiocarbonyl (C=S) groups is 1. The lowest BCUT2D eigenvalue weighted by atomic mass is 10.0. The first-order valence-corrected chi connectivity index (χ1v) is 8.74. The Labute approximate surface area is 160 Å². The SMILES string of the molecule is CN1C(=S)N[C@H](c2ccccn2)[C@H]1c1ccc(-c2ccc([N+](=O)[O-])cc2)o1. The zero-order chi connectivity index (χ0) is 19.0. The average molecular weight is 380 g/mol. The molecule has 0 aliphatic carbocycles. The number of nitro benzene ring substituents is 1. The molecule has 3 heterocycles. The molecule has 136 valence electrons. The number of nitro groups is 1. The Morgan fingerprint density at radius 2 is 1.96 bits per heavy atom. The van der Waals surface area contributed by atoms with Crippen LogP contribution in [0.1, 0.15) is 23.5 Å². The highest BCUT2D eigenvalue weighted by Gasteiger charge is 2.39. The first kappa shape index (κ1) is 17.2. The fraction of sp³-hybridized carbons (Fsp3) is 0.158. The highest BCUT2D eigenvalue weighted by molar-refractivity contribution is 7.80. The molecule has 0 amide bonds. The Kier molecular flexibility index (Phi) is 4.33. The van der Waals surface area contributed by atoms with Crippen molar-refractivity contribution < 1.29 is 9.34 Å². The number of benzene rings is 1. The number of furan rings is 1. The van der Waals surface area contributed by atoms with Gasteiger partial charge in [0.05, 0.1) is 16.7 Å². The summed E-state index contributed by atoms with van der Waals surface area (Å²) in [5.41, 5.74) is 1.70. The summed E-state index contributed by atoms with van der Waals surface area (Å²) in [6, 6.07) is 15.5. The van der Waals surface area contributed by atoms with Crippen molar-refractivity contribution in [2.24, 2.45) is 0 Å². The van der Waals surface area contributed by atoms with Gasteiger partial charge in [0.25, 0.3) is 5.69 Å². The minimum absolute atomic E-state index is 0.0471. The molecule has 2 aromatic heterocycles. The summed E-state index contributed by atoms with van der Waals surface area (Å²) in [4.78, 5) is 16.8. The van der Waals surface area contributed by atoms with Gasteiger partial charge in [-0.25, -0.2) is 0 Å². The van der Waals surface area contributed by atoms with Crippen molar-refractivity contribution in [1.29, 1.82) is 0 Å². The number of rotatable bonds is 4. The molecule has 1 aliphatic rings. The van der Waals surface area contributed by atoms with E-state index in [-0.39, 0.29) is 17.8 Å². The molecule has 1 N–H and O–H groups in total. The lowest BCUT2D eigenvalue weighted by Gasteiger charge is -2.21. The van der Waals surface area contributed by atoms with E-state index in [1.807, 2.05) is 42.3 Å². The topological polar surface area (TPSA) is 84.4 Å². The van der Waals surface area contributed by atoms with Crippen LogP contribution in [0.4, 0.5) is 5.69 Å². The van der Waals surface area contributed by atoms with Gasteiger partial charge >= 0.3 is 0 Å². The third-order valence-electron chi connectivity index (χ3n) is 4.62. The predicted molar refractivity (Wildman–Crippen MR) is 104 cm³/mol. The number of nitrogens with one attached hydrogen (secondary N) is 1. The fourth-order valence-electron chi connectivity index (χ4n) is 3.23. The second kappa shape index (κ2) is 6.81. The normalized spacial score (nSPS) is 19.1. The van der Waals surface area contributed by atoms with Crippen molar-refractivity contribution >= 4 is 23.0 Å². The molecule has 2 atom stereocenters. The quantitative estimate of drug-likeness (QED) is 0.418. The fourth-order valence-corrected chi connectivity index (χ4v) is 3.47. The van der Waals surface area contributed by atoms with Gasteiger partial charge in [0.15, 0.2) is 5.11 Å². The summed E-state index contributed by atoms with van der Waals surface area (Å²) in [5.74, 6) is 1.39. The molecule has 0 unspecified atom stereocenters. The maximum atomic E-state index is 10.8. The van der Waals surface area contributed by atoms with Crippen LogP contribution >= 0.6 is 12.2 Å². The molecule has 4 rings (SSSR count). The Balaban J connectivity index is 1.66. The number of nitrogens with zero attached hydrogens (tertiary/aromatic N) is 3. The third-order valence-corrected chi connectivity index (χ3v) is 5.03. The Morgan fingerprint density at radius 1 is 1.19 bits per heavy atom. The summed E-state index contributed by atoms with van der Waals surface area (Å²) in [7, 11) is 1.91. The van der Waals surface area contributed by atoms with Crippen LogP contribution < -0.4 is 5.32 Å². The maximum absolute atomic E-state index is 10.8. The van der Waals surface area contributed by atoms with Gasteiger partial charge in [-0.15, -0.1) is 0 Å². The minimum atomic E-state index is -0.422. The van der Waals surface area contributed by atoms with Crippen LogP contribution in [0.25, 0.3) is 11.3 Å². The second-order valence-corrected chi connectivity index (χ2v) is 6.63. The number of pyridine rings is 1. The van der Waals surface area contributed by atoms with Crippen molar-refractivity contribution in [3.05, 3.63) is 82.4 Å². The molecule has 3 aromatic rings. The van der Waals surface area contributed by atoms with Crippen LogP contribution in [0.15, 0.2) is 65.2 Å². The van der Waals surface area contributed by atoms with E-state index >= 15 is 0 Å². The summed E-state index contributed by atoms with van der Waals surface area (Å²) in [5, 5.41) is 14.7. The second-order valence-electron chi connectivity index (χ2n) is 6.24. The number of hydrogen-bond donors (Lipinski definition) is 1. The Morgan fingerprint density at radius 3 is 2.63 bits per heavy atom. The lowest BCUT2D eigenvalue weighted by Crippen LogP contribution is -2.24. The number of hydrogen-bond acceptors (Lipinski definition) is 5. The van der Waals surface area contributed by atoms with Crippen molar-refractivity contribution in [1.82, 2.24) is 15.2 Å². The van der Waals surface area contributed by atoms with E-state index in [1.165, 1.54) is 12.1 Å². The van der Waals surface area contributed by atoms with Crippen LogP contribution in [0, 0.1) is 10.1 Å². The first-order valence-electron chi connectivity index (χ1n) is 8.33. The zero-order valence-electron chi connectivity index (χ0n) is 14.4. The molecule has 0 saturated carbocycles. The summed E-state index contributed by atoms with van der Waals surface area (Å²) >= 11 is 5.42. The van der Waals surface area contributed by atoms with Crippen LogP contribution in [0.2, 0.25) is 0 Å². The molecule has 0 spiro atoms. The molecule has 0 bridgehead atoms. The summed E-state index contributed by atoms with van der Waals surface area (Å²) < 4.78 is 6.09. The maximum Gasteiger partial charge on any atom is 0.269 e. The molecular formula is C19H16N4O3S. The molecule has 1 saturated heterocycles. The van der Waals surface area contributed by atoms with Gasteiger partial charge in [-0.3, -0.25) is 15.1 Å². The average Bonchev–Trinajstić information content (AvgIpc) is 3.28. The van der Waals surface area contributed by atoms with E-state index in [9.17, 15) is 10.1 Å². The van der Waals surface area contributed by atoms with Gasteiger partial charge in [-0.05, 0) is 48.6 Å². The Hall–Kier alpha value is -3.26. The highest BCUT2D eigenvalue weighted by atomic mass is 32.1. The molecular weight excluding hydrogens is 364 g/mol. The van der Waals surface area contributed by atoms with Crippen molar-refractivity contribution in [3.8, 4) is 11.3 Å². The third kappa shape index (κ3) is 3.15. The van der Waals surface area contributed by atoms with E-state index in [2.05, 4.69) is 10.3 Å². The Bertz CT molecular complexity index is 988. The van der Waals surface area contributed by atoms with Gasteiger partial charge in [-0.2, -0.15) is 0 Å². The zero-order valence-corrected chi connectivity index (χ0v) is 15.2. The van der Waals surface area contributed by atoms with Gasteiger partial charge in [0, 0.05) is 30.9 Å². The van der Waals surface area contributed by atoms with E-state index < -0.39 is 4.92 Å². The van der Waals surface area contributed by atoms with Crippen molar-refractivity contribution in [3.63, 3.8) is 0 Å².